The number of fused-ring (bicyclic) bond motifs is 1. The molecule has 4 aromatic carbocycles. The lowest BCUT2D eigenvalue weighted by atomic mass is 10.1. The lowest BCUT2D eigenvalue weighted by Crippen LogP contribution is -2.37. The van der Waals surface area contributed by atoms with Gasteiger partial charge in [0.15, 0.2) is 0 Å². The van der Waals surface area contributed by atoms with Crippen molar-refractivity contribution in [2.75, 3.05) is 10.9 Å². The number of carbonyl (C=O) groups excluding carboxylic acids is 2. The predicted octanol–water partition coefficient (Wildman–Crippen LogP) is 6.97. The number of nitrogens with zero attached hydrogens (tertiary/aromatic N) is 1. The molecule has 1 heterocycles. The van der Waals surface area contributed by atoms with Crippen molar-refractivity contribution < 1.29 is 27.2 Å². The number of esters is 1. The van der Waals surface area contributed by atoms with Crippen molar-refractivity contribution in [2.45, 2.75) is 11.8 Å². The maximum absolute atomic E-state index is 13.9. The van der Waals surface area contributed by atoms with E-state index in [1.165, 1.54) is 42.5 Å². The van der Waals surface area contributed by atoms with Gasteiger partial charge in [0, 0.05) is 10.9 Å². The van der Waals surface area contributed by atoms with Gasteiger partial charge in [-0.3, -0.25) is 4.79 Å². The number of halogens is 1. The van der Waals surface area contributed by atoms with Crippen LogP contribution in [0.4, 0.5) is 5.69 Å². The molecule has 0 saturated heterocycles. The van der Waals surface area contributed by atoms with E-state index in [0.29, 0.717) is 20.8 Å². The minimum atomic E-state index is -4.40. The smallest absolute Gasteiger partial charge is 0.342 e. The summed E-state index contributed by atoms with van der Waals surface area (Å²) in [5, 5.41) is 0.392. The first-order valence-corrected chi connectivity index (χ1v) is 13.8. The van der Waals surface area contributed by atoms with Crippen molar-refractivity contribution in [3.8, 4) is 11.3 Å². The van der Waals surface area contributed by atoms with Gasteiger partial charge in [0.2, 0.25) is 0 Å². The summed E-state index contributed by atoms with van der Waals surface area (Å²) in [6, 6.07) is 27.2. The van der Waals surface area contributed by atoms with Crippen LogP contribution in [0.15, 0.2) is 112 Å². The van der Waals surface area contributed by atoms with Gasteiger partial charge in [0.1, 0.15) is 16.9 Å². The molecule has 0 atom stereocenters. The van der Waals surface area contributed by atoms with Crippen molar-refractivity contribution in [2.24, 2.45) is 0 Å². The third-order valence-corrected chi connectivity index (χ3v) is 8.05. The number of ether oxygens (including phenoxy) is 1. The fourth-order valence-electron chi connectivity index (χ4n) is 4.22. The number of rotatable bonds is 7. The molecular formula is C30H22ClNO6S. The lowest BCUT2D eigenvalue weighted by molar-refractivity contribution is 0.0528. The van der Waals surface area contributed by atoms with Crippen LogP contribution in [0.3, 0.4) is 0 Å². The molecule has 0 unspecified atom stereocenters. The lowest BCUT2D eigenvalue weighted by Gasteiger charge is -2.23. The summed E-state index contributed by atoms with van der Waals surface area (Å²) in [6.45, 7) is 1.81. The Morgan fingerprint density at radius 1 is 0.872 bits per heavy atom. The van der Waals surface area contributed by atoms with Gasteiger partial charge in [0.05, 0.1) is 27.8 Å². The number of hydrogen-bond donors (Lipinski definition) is 0. The summed E-state index contributed by atoms with van der Waals surface area (Å²) in [4.78, 5) is 26.8. The van der Waals surface area contributed by atoms with Gasteiger partial charge in [0.25, 0.3) is 15.9 Å². The molecule has 1 amide bonds. The average molecular weight is 560 g/mol. The monoisotopic (exact) mass is 559 g/mol. The second-order valence-corrected chi connectivity index (χ2v) is 10.6. The Balaban J connectivity index is 1.76. The molecule has 0 aliphatic carbocycles. The first kappa shape index (κ1) is 26.2. The van der Waals surface area contributed by atoms with Crippen LogP contribution >= 0.6 is 11.6 Å². The molecule has 0 bridgehead atoms. The molecule has 0 N–H and O–H groups in total. The van der Waals surface area contributed by atoms with Crippen molar-refractivity contribution in [3.05, 3.63) is 119 Å². The fourth-order valence-corrected chi connectivity index (χ4v) is 5.85. The topological polar surface area (TPSA) is 93.9 Å². The zero-order chi connectivity index (χ0) is 27.6. The number of hydrogen-bond acceptors (Lipinski definition) is 6. The molecule has 0 saturated carbocycles. The Labute approximate surface area is 230 Å². The van der Waals surface area contributed by atoms with E-state index in [1.807, 2.05) is 6.07 Å². The molecule has 0 aliphatic heterocycles. The van der Waals surface area contributed by atoms with Crippen LogP contribution in [-0.4, -0.2) is 26.9 Å². The summed E-state index contributed by atoms with van der Waals surface area (Å²) < 4.78 is 39.8. The number of benzene rings is 4. The molecule has 196 valence electrons. The van der Waals surface area contributed by atoms with Crippen molar-refractivity contribution in [3.63, 3.8) is 0 Å². The van der Waals surface area contributed by atoms with Gasteiger partial charge in [-0.2, -0.15) is 4.31 Å². The van der Waals surface area contributed by atoms with Gasteiger partial charge in [-0.05, 0) is 49.4 Å². The zero-order valence-electron chi connectivity index (χ0n) is 20.7. The van der Waals surface area contributed by atoms with Crippen molar-refractivity contribution in [1.82, 2.24) is 0 Å². The highest BCUT2D eigenvalue weighted by molar-refractivity contribution is 7.93. The maximum atomic E-state index is 13.9. The van der Waals surface area contributed by atoms with E-state index in [9.17, 15) is 18.0 Å². The SMILES string of the molecule is CCOC(=O)c1c(-c2ccccc2)oc2ccc(N(C(=O)c3ccccc3Cl)S(=O)(=O)c3ccccc3)cc12. The summed E-state index contributed by atoms with van der Waals surface area (Å²) >= 11 is 6.30. The molecule has 39 heavy (non-hydrogen) atoms. The summed E-state index contributed by atoms with van der Waals surface area (Å²) in [5.74, 6) is -1.22. The van der Waals surface area contributed by atoms with E-state index in [1.54, 1.807) is 61.5 Å². The maximum Gasteiger partial charge on any atom is 0.342 e. The standard InChI is InChI=1S/C30H22ClNO6S/c1-2-37-30(34)27-24-19-21(17-18-26(24)38-28(27)20-11-5-3-6-12-20)32(29(33)23-15-9-10-16-25(23)31)39(35,36)22-13-7-4-8-14-22/h3-19H,2H2,1H3. The third kappa shape index (κ3) is 4.92. The van der Waals surface area contributed by atoms with Gasteiger partial charge in [-0.15, -0.1) is 0 Å². The zero-order valence-corrected chi connectivity index (χ0v) is 22.3. The molecule has 0 spiro atoms. The Bertz CT molecular complexity index is 1780. The van der Waals surface area contributed by atoms with Crippen LogP contribution in [0.25, 0.3) is 22.3 Å². The number of sulfonamides is 1. The highest BCUT2D eigenvalue weighted by atomic mass is 35.5. The molecule has 5 rings (SSSR count). The quantitative estimate of drug-likeness (QED) is 0.200. The van der Waals surface area contributed by atoms with Crippen molar-refractivity contribution >= 4 is 50.2 Å². The molecule has 0 aliphatic rings. The number of amides is 1. The van der Waals surface area contributed by atoms with E-state index in [2.05, 4.69) is 0 Å². The van der Waals surface area contributed by atoms with E-state index >= 15 is 0 Å². The van der Waals surface area contributed by atoms with Gasteiger partial charge in [-0.1, -0.05) is 72.3 Å². The Morgan fingerprint density at radius 2 is 1.51 bits per heavy atom. The molecule has 9 heteroatoms. The second-order valence-electron chi connectivity index (χ2n) is 8.44. The summed E-state index contributed by atoms with van der Waals surface area (Å²) in [7, 11) is -4.40. The number of furan rings is 1. The molecular weight excluding hydrogens is 538 g/mol. The largest absolute Gasteiger partial charge is 0.462 e. The van der Waals surface area contributed by atoms with E-state index in [0.717, 1.165) is 0 Å². The number of carbonyl (C=O) groups is 2. The number of anilines is 1. The predicted molar refractivity (Wildman–Crippen MR) is 149 cm³/mol. The minimum absolute atomic E-state index is 0.00144. The van der Waals surface area contributed by atoms with Crippen LogP contribution < -0.4 is 4.31 Å². The van der Waals surface area contributed by atoms with Crippen LogP contribution in [0.5, 0.6) is 0 Å². The Hall–Kier alpha value is -4.40. The Morgan fingerprint density at radius 3 is 2.18 bits per heavy atom. The molecule has 1 aromatic heterocycles. The van der Waals surface area contributed by atoms with Crippen LogP contribution in [0.2, 0.25) is 5.02 Å². The molecule has 0 fully saturated rings. The summed E-state index contributed by atoms with van der Waals surface area (Å²) in [5.41, 5.74) is 1.09. The average Bonchev–Trinajstić information content (AvgIpc) is 3.33. The summed E-state index contributed by atoms with van der Waals surface area (Å²) in [6.07, 6.45) is 0. The van der Waals surface area contributed by atoms with Crippen LogP contribution in [0, 0.1) is 0 Å². The van der Waals surface area contributed by atoms with Gasteiger partial charge in [-0.25, -0.2) is 13.2 Å². The second kappa shape index (κ2) is 10.8. The van der Waals surface area contributed by atoms with E-state index in [-0.39, 0.29) is 39.1 Å². The minimum Gasteiger partial charge on any atom is -0.462 e. The molecule has 0 radical (unpaired) electrons. The van der Waals surface area contributed by atoms with Gasteiger partial charge < -0.3 is 9.15 Å². The van der Waals surface area contributed by atoms with Crippen LogP contribution in [-0.2, 0) is 14.8 Å². The van der Waals surface area contributed by atoms with Crippen LogP contribution in [0.1, 0.15) is 27.6 Å². The third-order valence-electron chi connectivity index (χ3n) is 5.99. The van der Waals surface area contributed by atoms with Crippen molar-refractivity contribution in [1.29, 1.82) is 0 Å². The van der Waals surface area contributed by atoms with E-state index in [4.69, 9.17) is 20.8 Å². The fraction of sp³-hybridized carbons (Fsp3) is 0.0667. The van der Waals surface area contributed by atoms with Gasteiger partial charge >= 0.3 is 5.97 Å². The molecule has 7 nitrogen and oxygen atoms in total. The highest BCUT2D eigenvalue weighted by Crippen LogP contribution is 2.38. The normalized spacial score (nSPS) is 11.3. The first-order chi connectivity index (χ1) is 18.8. The Kier molecular flexibility index (Phi) is 7.24. The van der Waals surface area contributed by atoms with E-state index < -0.39 is 21.9 Å². The highest BCUT2D eigenvalue weighted by Gasteiger charge is 2.34. The first-order valence-electron chi connectivity index (χ1n) is 12.0. The molecule has 5 aromatic rings.